The number of rotatable bonds is 7. The van der Waals surface area contributed by atoms with Gasteiger partial charge in [-0.3, -0.25) is 4.79 Å². The number of benzene rings is 2. The Balaban J connectivity index is 1.63. The predicted molar refractivity (Wildman–Crippen MR) is 103 cm³/mol. The first kappa shape index (κ1) is 18.3. The first-order valence-electron chi connectivity index (χ1n) is 9.27. The number of amides is 1. The highest BCUT2D eigenvalue weighted by Crippen LogP contribution is 2.41. The van der Waals surface area contributed by atoms with Crippen molar-refractivity contribution in [3.63, 3.8) is 0 Å². The lowest BCUT2D eigenvalue weighted by Gasteiger charge is -2.30. The topological polar surface area (TPSA) is 47.6 Å². The molecule has 2 aromatic rings. The summed E-state index contributed by atoms with van der Waals surface area (Å²) < 4.78 is 11.0. The van der Waals surface area contributed by atoms with E-state index in [1.54, 1.807) is 14.0 Å². The smallest absolute Gasteiger partial charge is 0.260 e. The summed E-state index contributed by atoms with van der Waals surface area (Å²) in [6, 6.07) is 17.7. The van der Waals surface area contributed by atoms with Crippen molar-refractivity contribution in [2.24, 2.45) is 0 Å². The second-order valence-electron chi connectivity index (χ2n) is 7.01. The molecule has 1 amide bonds. The van der Waals surface area contributed by atoms with Crippen LogP contribution < -0.4 is 14.8 Å². The van der Waals surface area contributed by atoms with Gasteiger partial charge in [-0.1, -0.05) is 43.2 Å². The molecule has 138 valence electrons. The zero-order valence-corrected chi connectivity index (χ0v) is 15.5. The Morgan fingerprint density at radius 3 is 2.31 bits per heavy atom. The molecule has 1 N–H and O–H groups in total. The highest BCUT2D eigenvalue weighted by molar-refractivity contribution is 5.80. The standard InChI is InChI=1S/C22H27NO3/c1-17(26-20-8-4-3-5-9-20)21(24)23-16-22(14-6-7-15-22)18-10-12-19(25-2)13-11-18/h3-5,8-13,17H,6-7,14-16H2,1-2H3,(H,23,24). The molecule has 1 unspecified atom stereocenters. The van der Waals surface area contributed by atoms with E-state index in [0.717, 1.165) is 18.6 Å². The van der Waals surface area contributed by atoms with Crippen LogP contribution in [-0.2, 0) is 10.2 Å². The Labute approximate surface area is 155 Å². The van der Waals surface area contributed by atoms with Crippen LogP contribution in [0.25, 0.3) is 0 Å². The first-order chi connectivity index (χ1) is 12.6. The van der Waals surface area contributed by atoms with Gasteiger partial charge in [-0.25, -0.2) is 0 Å². The normalized spacial score (nSPS) is 16.7. The van der Waals surface area contributed by atoms with Crippen molar-refractivity contribution < 1.29 is 14.3 Å². The molecule has 1 saturated carbocycles. The third-order valence-corrected chi connectivity index (χ3v) is 5.29. The maximum atomic E-state index is 12.5. The largest absolute Gasteiger partial charge is 0.497 e. The molecule has 26 heavy (non-hydrogen) atoms. The number of carbonyl (C=O) groups is 1. The van der Waals surface area contributed by atoms with Crippen molar-refractivity contribution in [1.29, 1.82) is 0 Å². The summed E-state index contributed by atoms with van der Waals surface area (Å²) in [5.74, 6) is 1.49. The fourth-order valence-electron chi connectivity index (χ4n) is 3.72. The molecule has 0 radical (unpaired) electrons. The second-order valence-corrected chi connectivity index (χ2v) is 7.01. The van der Waals surface area contributed by atoms with Crippen molar-refractivity contribution in [3.8, 4) is 11.5 Å². The van der Waals surface area contributed by atoms with Crippen molar-refractivity contribution in [3.05, 3.63) is 60.2 Å². The Morgan fingerprint density at radius 1 is 1.04 bits per heavy atom. The lowest BCUT2D eigenvalue weighted by Crippen LogP contribution is -2.44. The molecule has 4 heteroatoms. The van der Waals surface area contributed by atoms with Gasteiger partial charge in [-0.15, -0.1) is 0 Å². The van der Waals surface area contributed by atoms with E-state index in [2.05, 4.69) is 17.4 Å². The van der Waals surface area contributed by atoms with E-state index < -0.39 is 6.10 Å². The first-order valence-corrected chi connectivity index (χ1v) is 9.27. The minimum absolute atomic E-state index is 0.00833. The number of nitrogens with one attached hydrogen (secondary N) is 1. The number of hydrogen-bond acceptors (Lipinski definition) is 3. The maximum Gasteiger partial charge on any atom is 0.260 e. The number of methoxy groups -OCH3 is 1. The summed E-state index contributed by atoms with van der Waals surface area (Å²) in [6.07, 6.45) is 4.04. The summed E-state index contributed by atoms with van der Waals surface area (Å²) in [5, 5.41) is 3.12. The van der Waals surface area contributed by atoms with Crippen LogP contribution in [0.5, 0.6) is 11.5 Å². The lowest BCUT2D eigenvalue weighted by molar-refractivity contribution is -0.127. The van der Waals surface area contributed by atoms with E-state index in [9.17, 15) is 4.79 Å². The Kier molecular flexibility index (Phi) is 5.82. The van der Waals surface area contributed by atoms with Crippen LogP contribution in [0.2, 0.25) is 0 Å². The van der Waals surface area contributed by atoms with Gasteiger partial charge in [0.05, 0.1) is 7.11 Å². The number of hydrogen-bond donors (Lipinski definition) is 1. The zero-order chi connectivity index (χ0) is 18.4. The van der Waals surface area contributed by atoms with Crippen LogP contribution in [0.1, 0.15) is 38.2 Å². The van der Waals surface area contributed by atoms with E-state index in [4.69, 9.17) is 9.47 Å². The number of carbonyl (C=O) groups excluding carboxylic acids is 1. The molecule has 3 rings (SSSR count). The van der Waals surface area contributed by atoms with Crippen molar-refractivity contribution in [2.75, 3.05) is 13.7 Å². The van der Waals surface area contributed by atoms with Crippen LogP contribution in [0.3, 0.4) is 0 Å². The van der Waals surface area contributed by atoms with Crippen molar-refractivity contribution >= 4 is 5.91 Å². The SMILES string of the molecule is COc1ccc(C2(CNC(=O)C(C)Oc3ccccc3)CCCC2)cc1. The molecule has 1 fully saturated rings. The number of para-hydroxylation sites is 1. The van der Waals surface area contributed by atoms with Gasteiger partial charge in [0.15, 0.2) is 6.10 Å². The quantitative estimate of drug-likeness (QED) is 0.815. The van der Waals surface area contributed by atoms with E-state index in [-0.39, 0.29) is 11.3 Å². The summed E-state index contributed by atoms with van der Waals surface area (Å²) in [7, 11) is 1.68. The van der Waals surface area contributed by atoms with Gasteiger partial charge in [-0.05, 0) is 49.6 Å². The molecule has 1 aliphatic carbocycles. The monoisotopic (exact) mass is 353 g/mol. The van der Waals surface area contributed by atoms with Gasteiger partial charge in [0, 0.05) is 12.0 Å². The Hall–Kier alpha value is -2.49. The molecule has 0 heterocycles. The molecule has 0 spiro atoms. The summed E-state index contributed by atoms with van der Waals surface area (Å²) >= 11 is 0. The Morgan fingerprint density at radius 2 is 1.69 bits per heavy atom. The minimum Gasteiger partial charge on any atom is -0.497 e. The highest BCUT2D eigenvalue weighted by Gasteiger charge is 2.36. The van der Waals surface area contributed by atoms with Gasteiger partial charge in [0.25, 0.3) is 5.91 Å². The maximum absolute atomic E-state index is 12.5. The van der Waals surface area contributed by atoms with Gasteiger partial charge in [0.1, 0.15) is 11.5 Å². The van der Waals surface area contributed by atoms with Crippen LogP contribution in [0.15, 0.2) is 54.6 Å². The molecular weight excluding hydrogens is 326 g/mol. The molecule has 0 saturated heterocycles. The fourth-order valence-corrected chi connectivity index (χ4v) is 3.72. The van der Waals surface area contributed by atoms with E-state index >= 15 is 0 Å². The third-order valence-electron chi connectivity index (χ3n) is 5.29. The van der Waals surface area contributed by atoms with Gasteiger partial charge in [-0.2, -0.15) is 0 Å². The molecule has 0 aromatic heterocycles. The molecular formula is C22H27NO3. The lowest BCUT2D eigenvalue weighted by atomic mass is 9.78. The van der Waals surface area contributed by atoms with Crippen LogP contribution in [-0.4, -0.2) is 25.7 Å². The van der Waals surface area contributed by atoms with Gasteiger partial charge < -0.3 is 14.8 Å². The van der Waals surface area contributed by atoms with E-state index in [1.165, 1.54) is 18.4 Å². The van der Waals surface area contributed by atoms with Crippen LogP contribution in [0, 0.1) is 0 Å². The average Bonchev–Trinajstić information content (AvgIpc) is 3.17. The predicted octanol–water partition coefficient (Wildman–Crippen LogP) is 4.09. The molecule has 0 bridgehead atoms. The molecule has 1 aliphatic rings. The van der Waals surface area contributed by atoms with Crippen molar-refractivity contribution in [1.82, 2.24) is 5.32 Å². The fraction of sp³-hybridized carbons (Fsp3) is 0.409. The Bertz CT molecular complexity index is 706. The molecule has 4 nitrogen and oxygen atoms in total. The van der Waals surface area contributed by atoms with E-state index in [1.807, 2.05) is 42.5 Å². The van der Waals surface area contributed by atoms with Crippen LogP contribution >= 0.6 is 0 Å². The third kappa shape index (κ3) is 4.18. The average molecular weight is 353 g/mol. The summed E-state index contributed by atoms with van der Waals surface area (Å²) in [5.41, 5.74) is 1.28. The zero-order valence-electron chi connectivity index (χ0n) is 15.5. The van der Waals surface area contributed by atoms with Gasteiger partial charge in [0.2, 0.25) is 0 Å². The van der Waals surface area contributed by atoms with Crippen molar-refractivity contribution in [2.45, 2.75) is 44.1 Å². The summed E-state index contributed by atoms with van der Waals surface area (Å²) in [6.45, 7) is 2.43. The van der Waals surface area contributed by atoms with Gasteiger partial charge >= 0.3 is 0 Å². The van der Waals surface area contributed by atoms with E-state index in [0.29, 0.717) is 12.3 Å². The molecule has 0 aliphatic heterocycles. The van der Waals surface area contributed by atoms with Crippen LogP contribution in [0.4, 0.5) is 0 Å². The molecule has 1 atom stereocenters. The highest BCUT2D eigenvalue weighted by atomic mass is 16.5. The molecule has 2 aromatic carbocycles. The summed E-state index contributed by atoms with van der Waals surface area (Å²) in [4.78, 5) is 12.5. The number of ether oxygens (including phenoxy) is 2. The minimum atomic E-state index is -0.522. The second kappa shape index (κ2) is 8.26.